The maximum Gasteiger partial charge on any atom is 0.417 e. The van der Waals surface area contributed by atoms with Gasteiger partial charge in [-0.2, -0.15) is 13.2 Å². The van der Waals surface area contributed by atoms with Crippen LogP contribution in [0, 0.1) is 0 Å². The third-order valence-corrected chi connectivity index (χ3v) is 2.11. The molecule has 0 bridgehead atoms. The van der Waals surface area contributed by atoms with Gasteiger partial charge in [0.15, 0.2) is 11.1 Å². The van der Waals surface area contributed by atoms with Crippen molar-refractivity contribution < 1.29 is 21.9 Å². The quantitative estimate of drug-likeness (QED) is 0.594. The van der Waals surface area contributed by atoms with Gasteiger partial charge in [-0.1, -0.05) is 12.1 Å². The predicted molar refractivity (Wildman–Crippen MR) is 46.2 cm³/mol. The Balaban J connectivity index is 0.00000169. The summed E-state index contributed by atoms with van der Waals surface area (Å²) in [6.07, 6.45) is -4.59. The smallest absolute Gasteiger partial charge is 0.302 e. The molecule has 0 amide bonds. The van der Waals surface area contributed by atoms with Crippen molar-refractivity contribution in [3.05, 3.63) is 29.8 Å². The Bertz CT molecular complexity index is 340. The summed E-state index contributed by atoms with van der Waals surface area (Å²) in [6.45, 7) is 0. The van der Waals surface area contributed by atoms with Crippen molar-refractivity contribution in [3.8, 4) is 0 Å². The summed E-state index contributed by atoms with van der Waals surface area (Å²) < 4.78 is 55.5. The van der Waals surface area contributed by atoms with Crippen LogP contribution < -0.4 is 0 Å². The Morgan fingerprint density at radius 1 is 1.21 bits per heavy atom. The molecular formula is C7H5F3NaO2S. The van der Waals surface area contributed by atoms with Gasteiger partial charge in [0.1, 0.15) is 0 Å². The molecule has 0 aliphatic carbocycles. The molecule has 0 spiro atoms. The van der Waals surface area contributed by atoms with Gasteiger partial charge in [-0.15, -0.1) is 0 Å². The molecule has 1 aromatic rings. The molecule has 1 radical (unpaired) electrons. The number of alkyl halides is 3. The van der Waals surface area contributed by atoms with Crippen LogP contribution in [-0.2, 0) is 17.3 Å². The van der Waals surface area contributed by atoms with E-state index in [2.05, 4.69) is 0 Å². The molecular weight excluding hydrogens is 228 g/mol. The summed E-state index contributed by atoms with van der Waals surface area (Å²) in [7, 11) is 0. The van der Waals surface area contributed by atoms with Crippen molar-refractivity contribution in [3.63, 3.8) is 0 Å². The van der Waals surface area contributed by atoms with Gasteiger partial charge < -0.3 is 4.55 Å². The average Bonchev–Trinajstić information content (AvgIpc) is 2.03. The average molecular weight is 233 g/mol. The second kappa shape index (κ2) is 5.27. The minimum atomic E-state index is -4.59. The fraction of sp³-hybridized carbons (Fsp3) is 0.143. The molecule has 0 aliphatic heterocycles. The molecule has 0 heterocycles. The van der Waals surface area contributed by atoms with Crippen LogP contribution in [0.1, 0.15) is 5.56 Å². The molecule has 0 saturated heterocycles. The summed E-state index contributed by atoms with van der Waals surface area (Å²) in [5.41, 5.74) is -1.07. The predicted octanol–water partition coefficient (Wildman–Crippen LogP) is 1.91. The van der Waals surface area contributed by atoms with Crippen LogP contribution in [0.5, 0.6) is 0 Å². The van der Waals surface area contributed by atoms with Gasteiger partial charge >= 0.3 is 6.18 Å². The van der Waals surface area contributed by atoms with E-state index in [9.17, 15) is 17.4 Å². The Morgan fingerprint density at radius 3 is 2.07 bits per heavy atom. The normalized spacial score (nSPS) is 13.1. The molecule has 1 N–H and O–H groups in total. The van der Waals surface area contributed by atoms with Gasteiger partial charge in [0.25, 0.3) is 0 Å². The number of hydrogen-bond acceptors (Lipinski definition) is 1. The van der Waals surface area contributed by atoms with Crippen LogP contribution in [0.2, 0.25) is 0 Å². The maximum atomic E-state index is 12.2. The van der Waals surface area contributed by atoms with E-state index in [0.717, 1.165) is 12.1 Å². The number of rotatable bonds is 1. The van der Waals surface area contributed by atoms with Gasteiger partial charge in [0.05, 0.1) is 10.5 Å². The van der Waals surface area contributed by atoms with Crippen molar-refractivity contribution in [2.24, 2.45) is 0 Å². The molecule has 73 valence electrons. The standard InChI is InChI=1S/C7H5F3O2S.Na/c8-7(9,10)5-3-1-2-4-6(5)13(11)12;/h1-4H,(H,11,12);. The van der Waals surface area contributed by atoms with E-state index < -0.39 is 27.7 Å². The molecule has 1 atom stereocenters. The molecule has 0 aliphatic rings. The van der Waals surface area contributed by atoms with Crippen LogP contribution >= 0.6 is 0 Å². The summed E-state index contributed by atoms with van der Waals surface area (Å²) in [5, 5.41) is 0. The van der Waals surface area contributed by atoms with Crippen molar-refractivity contribution in [1.82, 2.24) is 0 Å². The molecule has 1 aromatic carbocycles. The second-order valence-electron chi connectivity index (χ2n) is 2.24. The van der Waals surface area contributed by atoms with Crippen LogP contribution in [0.15, 0.2) is 29.2 Å². The third-order valence-electron chi connectivity index (χ3n) is 1.38. The first-order valence-corrected chi connectivity index (χ1v) is 4.30. The monoisotopic (exact) mass is 233 g/mol. The van der Waals surface area contributed by atoms with Gasteiger partial charge in [-0.25, -0.2) is 4.21 Å². The van der Waals surface area contributed by atoms with Crippen LogP contribution in [-0.4, -0.2) is 38.3 Å². The second-order valence-corrected chi connectivity index (χ2v) is 3.18. The van der Waals surface area contributed by atoms with Crippen LogP contribution in [0.3, 0.4) is 0 Å². The zero-order valence-corrected chi connectivity index (χ0v) is 10.0. The number of benzene rings is 1. The van der Waals surface area contributed by atoms with Crippen LogP contribution in [0.4, 0.5) is 13.2 Å². The molecule has 7 heteroatoms. The number of hydrogen-bond donors (Lipinski definition) is 1. The van der Waals surface area contributed by atoms with Crippen molar-refractivity contribution in [2.75, 3.05) is 0 Å². The minimum absolute atomic E-state index is 0. The molecule has 0 fully saturated rings. The van der Waals surface area contributed by atoms with E-state index in [1.54, 1.807) is 0 Å². The molecule has 0 aromatic heterocycles. The molecule has 14 heavy (non-hydrogen) atoms. The van der Waals surface area contributed by atoms with Crippen LogP contribution in [0.25, 0.3) is 0 Å². The largest absolute Gasteiger partial charge is 0.417 e. The first-order chi connectivity index (χ1) is 5.93. The van der Waals surface area contributed by atoms with E-state index in [0.29, 0.717) is 0 Å². The van der Waals surface area contributed by atoms with E-state index in [1.165, 1.54) is 12.1 Å². The Labute approximate surface area is 103 Å². The van der Waals surface area contributed by atoms with Crippen molar-refractivity contribution >= 4 is 40.6 Å². The van der Waals surface area contributed by atoms with Gasteiger partial charge in [-0.05, 0) is 12.1 Å². The zero-order chi connectivity index (χ0) is 10.1. The number of halogens is 3. The molecule has 1 unspecified atom stereocenters. The topological polar surface area (TPSA) is 37.3 Å². The SMILES string of the molecule is O=S(O)c1ccccc1C(F)(F)F.[Na]. The first kappa shape index (κ1) is 14.1. The molecule has 1 rings (SSSR count). The van der Waals surface area contributed by atoms with E-state index in [-0.39, 0.29) is 29.6 Å². The van der Waals surface area contributed by atoms with Gasteiger partial charge in [0, 0.05) is 29.6 Å². The van der Waals surface area contributed by atoms with E-state index in [1.807, 2.05) is 0 Å². The zero-order valence-electron chi connectivity index (χ0n) is 7.21. The summed E-state index contributed by atoms with van der Waals surface area (Å²) in [6, 6.07) is 4.18. The third kappa shape index (κ3) is 3.36. The van der Waals surface area contributed by atoms with Gasteiger partial charge in [-0.3, -0.25) is 0 Å². The Hall–Kier alpha value is 0.120. The summed E-state index contributed by atoms with van der Waals surface area (Å²) in [5.74, 6) is 0. The molecule has 2 nitrogen and oxygen atoms in total. The van der Waals surface area contributed by atoms with Crippen molar-refractivity contribution in [2.45, 2.75) is 11.1 Å². The Morgan fingerprint density at radius 2 is 1.71 bits per heavy atom. The summed E-state index contributed by atoms with van der Waals surface area (Å²) >= 11 is -2.61. The Kier molecular flexibility index (Phi) is 5.32. The minimum Gasteiger partial charge on any atom is -0.302 e. The van der Waals surface area contributed by atoms with Crippen molar-refractivity contribution in [1.29, 1.82) is 0 Å². The summed E-state index contributed by atoms with van der Waals surface area (Å²) in [4.78, 5) is -0.616. The first-order valence-electron chi connectivity index (χ1n) is 3.20. The fourth-order valence-electron chi connectivity index (χ4n) is 0.853. The molecule has 0 saturated carbocycles. The van der Waals surface area contributed by atoms with Gasteiger partial charge in [0.2, 0.25) is 0 Å². The van der Waals surface area contributed by atoms with E-state index >= 15 is 0 Å². The van der Waals surface area contributed by atoms with E-state index in [4.69, 9.17) is 4.55 Å². The fourth-order valence-corrected chi connectivity index (χ4v) is 1.42. The maximum absolute atomic E-state index is 12.2.